The van der Waals surface area contributed by atoms with E-state index in [1.807, 2.05) is 0 Å². The van der Waals surface area contributed by atoms with Gasteiger partial charge in [0.25, 0.3) is 5.91 Å². The number of hydroxylamine groups is 2. The Kier molecular flexibility index (Phi) is 4.08. The molecule has 2 bridgehead atoms. The Morgan fingerprint density at radius 2 is 1.88 bits per heavy atom. The first-order valence-electron chi connectivity index (χ1n) is 7.28. The Balaban J connectivity index is 1.74. The third-order valence-corrected chi connectivity index (χ3v) is 5.04. The summed E-state index contributed by atoms with van der Waals surface area (Å²) in [5, 5.41) is 0.462. The van der Waals surface area contributed by atoms with Crippen molar-refractivity contribution in [3.8, 4) is 0 Å². The third kappa shape index (κ3) is 3.28. The van der Waals surface area contributed by atoms with E-state index in [0.717, 1.165) is 4.90 Å². The summed E-state index contributed by atoms with van der Waals surface area (Å²) in [7, 11) is -4.98. The number of carbonyl (C=O) groups excluding carboxylic acids is 3. The monoisotopic (exact) mass is 402 g/mol. The maximum absolute atomic E-state index is 12.3. The van der Waals surface area contributed by atoms with Crippen LogP contribution in [0.2, 0.25) is 0 Å². The second-order valence-electron chi connectivity index (χ2n) is 6.30. The van der Waals surface area contributed by atoms with E-state index in [1.54, 1.807) is 5.43 Å². The molecule has 1 saturated carbocycles. The second-order valence-corrected chi connectivity index (χ2v) is 7.31. The van der Waals surface area contributed by atoms with Gasteiger partial charge in [0.15, 0.2) is 0 Å². The highest BCUT2D eigenvalue weighted by molar-refractivity contribution is 7.80. The Labute approximate surface area is 144 Å². The first-order valence-corrected chi connectivity index (χ1v) is 8.64. The number of halogens is 3. The predicted octanol–water partition coefficient (Wildman–Crippen LogP) is -0.911. The summed E-state index contributed by atoms with van der Waals surface area (Å²) >= 11 is 0. The maximum Gasteiger partial charge on any atom is 0.472 e. The third-order valence-electron chi connectivity index (χ3n) is 4.70. The average molecular weight is 402 g/mol. The largest absolute Gasteiger partial charge is 0.472 e. The maximum atomic E-state index is 12.3. The van der Waals surface area contributed by atoms with E-state index in [-0.39, 0.29) is 13.0 Å². The van der Waals surface area contributed by atoms with Gasteiger partial charge in [0.1, 0.15) is 6.04 Å². The van der Waals surface area contributed by atoms with Gasteiger partial charge in [-0.15, -0.1) is 4.28 Å². The van der Waals surface area contributed by atoms with E-state index < -0.39 is 51.9 Å². The van der Waals surface area contributed by atoms with Crippen LogP contribution >= 0.6 is 0 Å². The van der Waals surface area contributed by atoms with Crippen molar-refractivity contribution in [3.05, 3.63) is 0 Å². The minimum atomic E-state index is -5.20. The lowest BCUT2D eigenvalue weighted by molar-refractivity contribution is -0.175. The molecule has 2 heterocycles. The molecule has 0 aromatic carbocycles. The number of fused-ring (bicyclic) bond motifs is 3. The van der Waals surface area contributed by atoms with Gasteiger partial charge in [-0.05, 0) is 24.7 Å². The molecule has 3 fully saturated rings. The van der Waals surface area contributed by atoms with Crippen molar-refractivity contribution in [2.45, 2.75) is 37.5 Å². The minimum Gasteiger partial charge on any atom is -0.309 e. The van der Waals surface area contributed by atoms with Crippen LogP contribution in [0.1, 0.15) is 19.3 Å². The van der Waals surface area contributed by atoms with Gasteiger partial charge in [0.2, 0.25) is 0 Å². The van der Waals surface area contributed by atoms with Crippen molar-refractivity contribution in [3.63, 3.8) is 0 Å². The average Bonchev–Trinajstić information content (AvgIpc) is 3.22. The molecule has 0 aromatic rings. The van der Waals surface area contributed by atoms with Crippen LogP contribution in [0.4, 0.5) is 18.0 Å². The topological polar surface area (TPSA) is 145 Å². The summed E-state index contributed by atoms with van der Waals surface area (Å²) in [6.07, 6.45) is -4.10. The molecule has 1 aliphatic carbocycles. The molecule has 2 aliphatic heterocycles. The molecule has 2 atom stereocenters. The van der Waals surface area contributed by atoms with Gasteiger partial charge in [0.05, 0.1) is 6.04 Å². The molecule has 146 valence electrons. The lowest BCUT2D eigenvalue weighted by Gasteiger charge is -2.35. The van der Waals surface area contributed by atoms with Crippen LogP contribution in [0, 0.1) is 5.41 Å². The van der Waals surface area contributed by atoms with Gasteiger partial charge in [-0.2, -0.15) is 26.7 Å². The van der Waals surface area contributed by atoms with Gasteiger partial charge < -0.3 is 4.90 Å². The van der Waals surface area contributed by atoms with Crippen LogP contribution in [-0.2, 0) is 24.3 Å². The van der Waals surface area contributed by atoms with E-state index >= 15 is 0 Å². The molecule has 3 rings (SSSR count). The summed E-state index contributed by atoms with van der Waals surface area (Å²) < 4.78 is 71.4. The lowest BCUT2D eigenvalue weighted by atomic mass is 9.85. The number of alkyl halides is 3. The van der Waals surface area contributed by atoms with Gasteiger partial charge in [-0.3, -0.25) is 25.0 Å². The normalized spacial score (nSPS) is 26.8. The number of nitrogens with one attached hydrogen (secondary N) is 2. The van der Waals surface area contributed by atoms with E-state index in [0.29, 0.717) is 17.9 Å². The van der Waals surface area contributed by atoms with Crippen molar-refractivity contribution < 1.29 is 44.8 Å². The van der Waals surface area contributed by atoms with Crippen molar-refractivity contribution in [1.82, 2.24) is 20.8 Å². The van der Waals surface area contributed by atoms with E-state index in [4.69, 9.17) is 4.55 Å². The highest BCUT2D eigenvalue weighted by Gasteiger charge is 2.65. The fraction of sp³-hybridized carbons (Fsp3) is 0.727. The van der Waals surface area contributed by atoms with Crippen LogP contribution in [0.5, 0.6) is 0 Å². The van der Waals surface area contributed by atoms with Crippen molar-refractivity contribution in [2.75, 3.05) is 6.54 Å². The molecule has 2 saturated heterocycles. The molecule has 26 heavy (non-hydrogen) atoms. The van der Waals surface area contributed by atoms with E-state index in [9.17, 15) is 36.0 Å². The first kappa shape index (κ1) is 18.7. The molecule has 3 N–H and O–H groups in total. The van der Waals surface area contributed by atoms with Crippen molar-refractivity contribution in [1.29, 1.82) is 0 Å². The number of amides is 4. The van der Waals surface area contributed by atoms with Gasteiger partial charge >= 0.3 is 28.5 Å². The molecular weight excluding hydrogens is 389 g/mol. The van der Waals surface area contributed by atoms with E-state index in [1.165, 1.54) is 5.43 Å². The quantitative estimate of drug-likeness (QED) is 0.409. The minimum absolute atomic E-state index is 0.0441. The van der Waals surface area contributed by atoms with Crippen LogP contribution in [-0.4, -0.2) is 65.6 Å². The molecule has 1 spiro atoms. The zero-order valence-corrected chi connectivity index (χ0v) is 13.6. The molecule has 3 aliphatic rings. The van der Waals surface area contributed by atoms with Crippen molar-refractivity contribution in [2.24, 2.45) is 5.41 Å². The Bertz CT molecular complexity index is 766. The number of nitrogens with zero attached hydrogens (tertiary/aromatic N) is 2. The second kappa shape index (κ2) is 5.68. The van der Waals surface area contributed by atoms with Gasteiger partial charge in [-0.25, -0.2) is 4.79 Å². The number of hydrogen-bond acceptors (Lipinski definition) is 6. The van der Waals surface area contributed by atoms with Gasteiger partial charge in [-0.1, -0.05) is 0 Å². The molecule has 0 radical (unpaired) electrons. The molecular formula is C11H13F3N4O7S. The number of hydrazine groups is 1. The lowest BCUT2D eigenvalue weighted by Crippen LogP contribution is -2.57. The van der Waals surface area contributed by atoms with Crippen molar-refractivity contribution >= 4 is 28.2 Å². The molecule has 0 aromatic heterocycles. The van der Waals surface area contributed by atoms with Gasteiger partial charge in [0, 0.05) is 6.54 Å². The molecule has 2 unspecified atom stereocenters. The number of piperidine rings is 1. The van der Waals surface area contributed by atoms with E-state index in [2.05, 4.69) is 4.28 Å². The highest BCUT2D eigenvalue weighted by atomic mass is 32.3. The predicted molar refractivity (Wildman–Crippen MR) is 72.8 cm³/mol. The Morgan fingerprint density at radius 3 is 2.38 bits per heavy atom. The fourth-order valence-corrected chi connectivity index (χ4v) is 3.69. The van der Waals surface area contributed by atoms with Crippen LogP contribution < -0.4 is 10.9 Å². The van der Waals surface area contributed by atoms with Crippen LogP contribution in [0.15, 0.2) is 0 Å². The number of hydrogen-bond donors (Lipinski definition) is 3. The highest BCUT2D eigenvalue weighted by Crippen LogP contribution is 2.59. The molecule has 15 heteroatoms. The summed E-state index contributed by atoms with van der Waals surface area (Å²) in [5.41, 5.74) is 2.17. The first-order chi connectivity index (χ1) is 11.8. The van der Waals surface area contributed by atoms with Crippen LogP contribution in [0.25, 0.3) is 0 Å². The van der Waals surface area contributed by atoms with Crippen LogP contribution in [0.3, 0.4) is 0 Å². The zero-order valence-electron chi connectivity index (χ0n) is 12.8. The Morgan fingerprint density at radius 1 is 1.27 bits per heavy atom. The summed E-state index contributed by atoms with van der Waals surface area (Å²) in [6, 6.07) is -2.99. The number of carbonyl (C=O) groups is 3. The molecule has 4 amide bonds. The zero-order chi connectivity index (χ0) is 19.5. The Hall–Kier alpha value is -2.13. The standard InChI is InChI=1S/C11H13F3N4O7S/c12-11(13,14)8(20)16-15-7(19)5-3-10(1-2-10)6-4-17(5)9(21)18(6)25-26(22,23)24/h5-6H,1-4H2,(H,15,19)(H,16,20)(H,22,23,24). The smallest absolute Gasteiger partial charge is 0.309 e. The number of urea groups is 1. The summed E-state index contributed by atoms with van der Waals surface area (Å²) in [6.45, 7) is -0.111. The summed E-state index contributed by atoms with van der Waals surface area (Å²) in [5.74, 6) is -3.45. The molecule has 11 nitrogen and oxygen atoms in total. The SMILES string of the molecule is O=C(NNC(=O)C(F)(F)F)C1CC2(CC2)C2CN1C(=O)N2OS(=O)(=O)O. The number of rotatable bonds is 3. The summed E-state index contributed by atoms with van der Waals surface area (Å²) in [4.78, 5) is 36.1. The fourth-order valence-electron chi connectivity index (χ4n) is 3.32.